The van der Waals surface area contributed by atoms with Gasteiger partial charge >= 0.3 is 5.97 Å². The first-order chi connectivity index (χ1) is 20.3. The third-order valence-corrected chi connectivity index (χ3v) is 9.89. The summed E-state index contributed by atoms with van der Waals surface area (Å²) in [6, 6.07) is 15.2. The summed E-state index contributed by atoms with van der Waals surface area (Å²) in [5.41, 5.74) is 6.09. The molecule has 1 saturated carbocycles. The number of fused-ring (bicyclic) bond motifs is 2. The van der Waals surface area contributed by atoms with E-state index >= 15 is 0 Å². The first-order valence-electron chi connectivity index (χ1n) is 15.7. The minimum Gasteiger partial charge on any atom is -0.462 e. The van der Waals surface area contributed by atoms with Gasteiger partial charge in [0.2, 0.25) is 0 Å². The Morgan fingerprint density at radius 2 is 1.81 bits per heavy atom. The molecular formula is C35H43N3O4. The third kappa shape index (κ3) is 6.37. The molecule has 3 aromatic rings. The Hall–Kier alpha value is -3.29. The zero-order valence-corrected chi connectivity index (χ0v) is 24.9. The van der Waals surface area contributed by atoms with Crippen LogP contribution < -0.4 is 5.32 Å². The summed E-state index contributed by atoms with van der Waals surface area (Å²) in [5, 5.41) is 14.2. The van der Waals surface area contributed by atoms with Crippen LogP contribution in [0.1, 0.15) is 96.0 Å². The Labute approximate surface area is 248 Å². The van der Waals surface area contributed by atoms with Gasteiger partial charge in [-0.05, 0) is 117 Å². The quantitative estimate of drug-likeness (QED) is 0.325. The number of ether oxygens (including phenoxy) is 1. The van der Waals surface area contributed by atoms with E-state index in [1.165, 1.54) is 30.5 Å². The van der Waals surface area contributed by atoms with E-state index in [4.69, 9.17) is 9.72 Å². The summed E-state index contributed by atoms with van der Waals surface area (Å²) in [7, 11) is 0. The van der Waals surface area contributed by atoms with Crippen molar-refractivity contribution >= 4 is 22.8 Å². The van der Waals surface area contributed by atoms with Crippen LogP contribution in [0.4, 0.5) is 0 Å². The molecule has 2 N–H and O–H groups in total. The molecule has 0 radical (unpaired) electrons. The zero-order chi connectivity index (χ0) is 29.3. The van der Waals surface area contributed by atoms with Crippen molar-refractivity contribution in [1.29, 1.82) is 0 Å². The highest BCUT2D eigenvalue weighted by molar-refractivity contribution is 5.98. The molecule has 1 aliphatic heterocycles. The molecule has 1 amide bonds. The summed E-state index contributed by atoms with van der Waals surface area (Å²) in [6.07, 6.45) is 8.09. The van der Waals surface area contributed by atoms with E-state index in [9.17, 15) is 14.7 Å². The van der Waals surface area contributed by atoms with Crippen molar-refractivity contribution < 1.29 is 19.4 Å². The Bertz CT molecular complexity index is 1440. The van der Waals surface area contributed by atoms with Gasteiger partial charge in [-0.25, -0.2) is 4.79 Å². The number of benzene rings is 2. The van der Waals surface area contributed by atoms with E-state index in [1.807, 2.05) is 30.3 Å². The Morgan fingerprint density at radius 3 is 2.52 bits per heavy atom. The van der Waals surface area contributed by atoms with Crippen LogP contribution in [0.2, 0.25) is 0 Å². The molecule has 0 spiro atoms. The summed E-state index contributed by atoms with van der Waals surface area (Å²) in [5.74, 6) is 0.266. The smallest absolute Gasteiger partial charge is 0.338 e. The average molecular weight is 570 g/mol. The van der Waals surface area contributed by atoms with Gasteiger partial charge in [0.25, 0.3) is 5.91 Å². The number of aliphatic hydroxyl groups is 1. The van der Waals surface area contributed by atoms with Crippen LogP contribution in [0.15, 0.2) is 48.5 Å². The molecule has 222 valence electrons. The predicted molar refractivity (Wildman–Crippen MR) is 164 cm³/mol. The number of aromatic nitrogens is 1. The second-order valence-electron chi connectivity index (χ2n) is 12.8. The van der Waals surface area contributed by atoms with E-state index in [-0.39, 0.29) is 24.0 Å². The topological polar surface area (TPSA) is 91.8 Å². The molecule has 2 atom stereocenters. The maximum Gasteiger partial charge on any atom is 0.338 e. The van der Waals surface area contributed by atoms with Gasteiger partial charge in [0, 0.05) is 36.3 Å². The summed E-state index contributed by atoms with van der Waals surface area (Å²) >= 11 is 0. The molecule has 0 bridgehead atoms. The minimum absolute atomic E-state index is 0.119. The van der Waals surface area contributed by atoms with E-state index < -0.39 is 0 Å². The van der Waals surface area contributed by atoms with Crippen LogP contribution in [0.5, 0.6) is 0 Å². The predicted octanol–water partition coefficient (Wildman–Crippen LogP) is 5.63. The highest BCUT2D eigenvalue weighted by Gasteiger charge is 2.45. The van der Waals surface area contributed by atoms with Crippen LogP contribution >= 0.6 is 0 Å². The number of carbonyl (C=O) groups excluding carboxylic acids is 2. The molecular weight excluding hydrogens is 526 g/mol. The largest absolute Gasteiger partial charge is 0.462 e. The lowest BCUT2D eigenvalue weighted by Gasteiger charge is -2.31. The lowest BCUT2D eigenvalue weighted by atomic mass is 9.77. The summed E-state index contributed by atoms with van der Waals surface area (Å²) in [4.78, 5) is 33.2. The monoisotopic (exact) mass is 569 g/mol. The summed E-state index contributed by atoms with van der Waals surface area (Å²) < 4.78 is 5.14. The second-order valence-corrected chi connectivity index (χ2v) is 12.8. The highest BCUT2D eigenvalue weighted by atomic mass is 16.5. The van der Waals surface area contributed by atoms with Crippen molar-refractivity contribution in [3.8, 4) is 0 Å². The molecule has 1 aromatic heterocycles. The molecule has 2 heterocycles. The number of carbonyl (C=O) groups is 2. The molecule has 1 unspecified atom stereocenters. The van der Waals surface area contributed by atoms with Crippen LogP contribution in [-0.2, 0) is 17.6 Å². The van der Waals surface area contributed by atoms with Gasteiger partial charge in [0.05, 0.1) is 29.8 Å². The van der Waals surface area contributed by atoms with E-state index in [1.54, 1.807) is 19.1 Å². The Morgan fingerprint density at radius 1 is 1.07 bits per heavy atom. The van der Waals surface area contributed by atoms with Gasteiger partial charge < -0.3 is 20.1 Å². The van der Waals surface area contributed by atoms with Crippen LogP contribution in [0.25, 0.3) is 10.9 Å². The van der Waals surface area contributed by atoms with Gasteiger partial charge in [-0.1, -0.05) is 19.1 Å². The average Bonchev–Trinajstić information content (AvgIpc) is 3.76. The maximum absolute atomic E-state index is 13.7. The number of aliphatic hydroxyl groups excluding tert-OH is 1. The Kier molecular flexibility index (Phi) is 8.33. The van der Waals surface area contributed by atoms with Crippen LogP contribution in [-0.4, -0.2) is 59.2 Å². The summed E-state index contributed by atoms with van der Waals surface area (Å²) in [6.45, 7) is 7.06. The molecule has 2 aliphatic carbocycles. The third-order valence-electron chi connectivity index (χ3n) is 9.89. The molecule has 2 fully saturated rings. The first kappa shape index (κ1) is 28.8. The molecule has 7 nitrogen and oxygen atoms in total. The van der Waals surface area contributed by atoms with E-state index in [2.05, 4.69) is 23.2 Å². The fourth-order valence-corrected chi connectivity index (χ4v) is 6.76. The molecule has 6 rings (SSSR count). The molecule has 1 saturated heterocycles. The van der Waals surface area contributed by atoms with E-state index in [0.717, 1.165) is 74.1 Å². The molecule has 42 heavy (non-hydrogen) atoms. The fourth-order valence-electron chi connectivity index (χ4n) is 6.76. The number of rotatable bonds is 9. The van der Waals surface area contributed by atoms with Crippen molar-refractivity contribution in [2.75, 3.05) is 26.2 Å². The van der Waals surface area contributed by atoms with Crippen molar-refractivity contribution in [3.05, 3.63) is 76.5 Å². The zero-order valence-electron chi connectivity index (χ0n) is 24.9. The van der Waals surface area contributed by atoms with Gasteiger partial charge in [-0.3, -0.25) is 9.78 Å². The second kappa shape index (κ2) is 12.1. The van der Waals surface area contributed by atoms with Crippen LogP contribution in [0.3, 0.4) is 0 Å². The lowest BCUT2D eigenvalue weighted by molar-refractivity contribution is 0.0526. The van der Waals surface area contributed by atoms with Crippen molar-refractivity contribution in [3.63, 3.8) is 0 Å². The number of pyridine rings is 1. The SMILES string of the molecule is CCOC(=O)c1ccc(C(CCN2CCC(O)CC2)NC(=O)c2ccc3nc4c(cc3c2)C[C@@H](C2(C)CC2)CC4)cc1. The number of amides is 1. The first-order valence-corrected chi connectivity index (χ1v) is 15.7. The molecule has 7 heteroatoms. The fraction of sp³-hybridized carbons (Fsp3) is 0.514. The molecule has 3 aliphatic rings. The van der Waals surface area contributed by atoms with Gasteiger partial charge in [0.15, 0.2) is 0 Å². The normalized spacial score (nSPS) is 21.0. The maximum atomic E-state index is 13.7. The number of nitrogens with zero attached hydrogens (tertiary/aromatic N) is 2. The number of aryl methyl sites for hydroxylation is 1. The number of esters is 1. The van der Waals surface area contributed by atoms with E-state index in [0.29, 0.717) is 23.1 Å². The minimum atomic E-state index is -0.346. The van der Waals surface area contributed by atoms with Crippen molar-refractivity contribution in [2.24, 2.45) is 11.3 Å². The van der Waals surface area contributed by atoms with Crippen LogP contribution in [0, 0.1) is 11.3 Å². The standard InChI is InChI=1S/C35H43N3O4/c1-3-42-34(41)24-6-4-23(5-7-24)32(14-19-38-17-12-29(39)13-18-38)37-33(40)25-8-10-30-26(20-25)21-27-22-28(35(2)15-16-35)9-11-31(27)36-30/h4-8,10,20-21,28-29,32,39H,3,9,11-19,22H2,1-2H3,(H,37,40)/t28-,32?/m0/s1. The van der Waals surface area contributed by atoms with Gasteiger partial charge in [-0.2, -0.15) is 0 Å². The Balaban J connectivity index is 1.20. The number of likely N-dealkylation sites (tertiary alicyclic amines) is 1. The van der Waals surface area contributed by atoms with Gasteiger partial charge in [-0.15, -0.1) is 0 Å². The van der Waals surface area contributed by atoms with Crippen molar-refractivity contribution in [2.45, 2.75) is 77.4 Å². The number of hydrogen-bond acceptors (Lipinski definition) is 6. The number of nitrogens with one attached hydrogen (secondary N) is 1. The van der Waals surface area contributed by atoms with Crippen molar-refractivity contribution in [1.82, 2.24) is 15.2 Å². The van der Waals surface area contributed by atoms with Gasteiger partial charge in [0.1, 0.15) is 0 Å². The molecule has 2 aromatic carbocycles. The number of piperidine rings is 1. The highest BCUT2D eigenvalue weighted by Crippen LogP contribution is 2.55. The number of hydrogen-bond donors (Lipinski definition) is 2. The lowest BCUT2D eigenvalue weighted by Crippen LogP contribution is -2.38.